The lowest BCUT2D eigenvalue weighted by Crippen LogP contribution is -2.51. The second-order valence-corrected chi connectivity index (χ2v) is 8.02. The molecule has 2 aromatic carbocycles. The number of amides is 2. The lowest BCUT2D eigenvalue weighted by atomic mass is 10.1. The molecular formula is C21H22N2O4S. The molecule has 2 aliphatic heterocycles. The molecule has 7 heteroatoms. The summed E-state index contributed by atoms with van der Waals surface area (Å²) < 4.78 is 10.4. The highest BCUT2D eigenvalue weighted by Gasteiger charge is 2.59. The van der Waals surface area contributed by atoms with Crippen molar-refractivity contribution in [3.05, 3.63) is 59.7 Å². The van der Waals surface area contributed by atoms with Gasteiger partial charge in [0.2, 0.25) is 5.91 Å². The molecular weight excluding hydrogens is 376 g/mol. The first-order valence-electron chi connectivity index (χ1n) is 9.09. The van der Waals surface area contributed by atoms with E-state index in [9.17, 15) is 9.59 Å². The minimum absolute atomic E-state index is 0.0341. The summed E-state index contributed by atoms with van der Waals surface area (Å²) in [7, 11) is 3.12. The van der Waals surface area contributed by atoms with Gasteiger partial charge in [-0.2, -0.15) is 0 Å². The monoisotopic (exact) mass is 398 g/mol. The number of fused-ring (bicyclic) bond motifs is 2. The Bertz CT molecular complexity index is 919. The van der Waals surface area contributed by atoms with E-state index in [-0.39, 0.29) is 18.4 Å². The molecule has 1 fully saturated rings. The van der Waals surface area contributed by atoms with Crippen LogP contribution in [0.15, 0.2) is 48.5 Å². The summed E-state index contributed by atoms with van der Waals surface area (Å²) in [5.41, 5.74) is 2.69. The normalized spacial score (nSPS) is 20.7. The van der Waals surface area contributed by atoms with E-state index in [0.29, 0.717) is 18.8 Å². The Kier molecular flexibility index (Phi) is 5.03. The summed E-state index contributed by atoms with van der Waals surface area (Å²) >= 11 is 1.52. The van der Waals surface area contributed by atoms with Crippen LogP contribution < -0.4 is 9.64 Å². The van der Waals surface area contributed by atoms with Crippen molar-refractivity contribution in [3.63, 3.8) is 0 Å². The van der Waals surface area contributed by atoms with Gasteiger partial charge >= 0.3 is 0 Å². The zero-order chi connectivity index (χ0) is 19.7. The van der Waals surface area contributed by atoms with E-state index in [2.05, 4.69) is 0 Å². The third-order valence-electron chi connectivity index (χ3n) is 5.14. The van der Waals surface area contributed by atoms with Gasteiger partial charge in [-0.1, -0.05) is 30.3 Å². The minimum atomic E-state index is -1.01. The number of carbonyl (C=O) groups is 2. The number of nitrogens with zero attached hydrogens (tertiary/aromatic N) is 2. The Morgan fingerprint density at radius 2 is 2.00 bits per heavy atom. The first-order chi connectivity index (χ1) is 13.6. The maximum atomic E-state index is 13.7. The maximum absolute atomic E-state index is 13.7. The van der Waals surface area contributed by atoms with Crippen molar-refractivity contribution in [2.45, 2.75) is 11.4 Å². The van der Waals surface area contributed by atoms with E-state index >= 15 is 0 Å². The van der Waals surface area contributed by atoms with Gasteiger partial charge in [-0.25, -0.2) is 0 Å². The number of hydrogen-bond donors (Lipinski definition) is 0. The predicted molar refractivity (Wildman–Crippen MR) is 108 cm³/mol. The van der Waals surface area contributed by atoms with Gasteiger partial charge in [-0.05, 0) is 23.8 Å². The van der Waals surface area contributed by atoms with E-state index in [1.54, 1.807) is 16.9 Å². The molecule has 1 unspecified atom stereocenters. The van der Waals surface area contributed by atoms with Crippen LogP contribution in [0, 0.1) is 0 Å². The lowest BCUT2D eigenvalue weighted by Gasteiger charge is -2.33. The molecule has 146 valence electrons. The van der Waals surface area contributed by atoms with Crippen LogP contribution >= 0.6 is 11.8 Å². The van der Waals surface area contributed by atoms with Crippen molar-refractivity contribution < 1.29 is 19.1 Å². The van der Waals surface area contributed by atoms with Crippen molar-refractivity contribution in [1.29, 1.82) is 0 Å². The summed E-state index contributed by atoms with van der Waals surface area (Å²) in [5.74, 6) is 1.21. The van der Waals surface area contributed by atoms with Crippen LogP contribution in [0.5, 0.6) is 5.75 Å². The highest BCUT2D eigenvalue weighted by atomic mass is 32.2. The Morgan fingerprint density at radius 3 is 2.79 bits per heavy atom. The van der Waals surface area contributed by atoms with Gasteiger partial charge in [0.05, 0.1) is 19.3 Å². The van der Waals surface area contributed by atoms with Crippen LogP contribution in [-0.2, 0) is 25.7 Å². The number of anilines is 1. The third-order valence-corrected chi connectivity index (χ3v) is 6.56. The second kappa shape index (κ2) is 7.48. The second-order valence-electron chi connectivity index (χ2n) is 6.73. The molecule has 2 heterocycles. The fourth-order valence-electron chi connectivity index (χ4n) is 3.94. The molecule has 4 rings (SSSR count). The smallest absolute Gasteiger partial charge is 0.268 e. The fraction of sp³-hybridized carbons (Fsp3) is 0.333. The highest BCUT2D eigenvalue weighted by Crippen LogP contribution is 2.54. The third kappa shape index (κ3) is 2.86. The molecule has 0 saturated carbocycles. The number of thioether (sulfide) groups is 1. The van der Waals surface area contributed by atoms with Crippen LogP contribution in [-0.4, -0.2) is 49.8 Å². The number of ether oxygens (including phenoxy) is 2. The van der Waals surface area contributed by atoms with Crippen LogP contribution in [0.4, 0.5) is 5.69 Å². The van der Waals surface area contributed by atoms with Crippen LogP contribution in [0.3, 0.4) is 0 Å². The molecule has 2 aliphatic rings. The molecule has 0 bridgehead atoms. The Balaban J connectivity index is 1.75. The van der Waals surface area contributed by atoms with Crippen molar-refractivity contribution in [2.75, 3.05) is 38.0 Å². The zero-order valence-corrected chi connectivity index (χ0v) is 16.7. The number of benzene rings is 2. The van der Waals surface area contributed by atoms with E-state index in [0.717, 1.165) is 22.6 Å². The van der Waals surface area contributed by atoms with Crippen molar-refractivity contribution in [1.82, 2.24) is 4.90 Å². The largest absolute Gasteiger partial charge is 0.497 e. The van der Waals surface area contributed by atoms with Crippen LogP contribution in [0.25, 0.3) is 0 Å². The van der Waals surface area contributed by atoms with Crippen LogP contribution in [0.1, 0.15) is 11.1 Å². The number of methoxy groups -OCH3 is 2. The topological polar surface area (TPSA) is 59.1 Å². The zero-order valence-electron chi connectivity index (χ0n) is 15.9. The summed E-state index contributed by atoms with van der Waals surface area (Å²) in [6.45, 7) is 0.912. The quantitative estimate of drug-likeness (QED) is 0.775. The number of hydrogen-bond acceptors (Lipinski definition) is 5. The molecule has 0 radical (unpaired) electrons. The maximum Gasteiger partial charge on any atom is 0.268 e. The molecule has 1 saturated heterocycles. The van der Waals surface area contributed by atoms with Gasteiger partial charge in [0.1, 0.15) is 12.4 Å². The number of carbonyl (C=O) groups excluding carboxylic acids is 2. The molecule has 1 atom stereocenters. The predicted octanol–water partition coefficient (Wildman–Crippen LogP) is 2.62. The Morgan fingerprint density at radius 1 is 1.18 bits per heavy atom. The standard InChI is InChI=1S/C21H22N2O4S/c1-26-14-19(24)23-10-11-28-21(23)17-8-3-4-9-18(17)22(20(21)25)13-15-6-5-7-16(12-15)27-2/h3-9,12H,10-11,13-14H2,1-2H3. The highest BCUT2D eigenvalue weighted by molar-refractivity contribution is 8.01. The van der Waals surface area contributed by atoms with Crippen LogP contribution in [0.2, 0.25) is 0 Å². The van der Waals surface area contributed by atoms with E-state index in [1.165, 1.54) is 18.9 Å². The van der Waals surface area contributed by atoms with Gasteiger partial charge in [-0.15, -0.1) is 11.8 Å². The Labute approximate surface area is 168 Å². The van der Waals surface area contributed by atoms with Gasteiger partial charge in [0.15, 0.2) is 4.87 Å². The molecule has 0 aromatic heterocycles. The number of rotatable bonds is 5. The average molecular weight is 398 g/mol. The van der Waals surface area contributed by atoms with Gasteiger partial charge in [0, 0.05) is 25.0 Å². The summed E-state index contributed by atoms with van der Waals surface area (Å²) in [6.07, 6.45) is 0. The average Bonchev–Trinajstić information content (AvgIpc) is 3.26. The summed E-state index contributed by atoms with van der Waals surface area (Å²) in [4.78, 5) is 28.9. The van der Waals surface area contributed by atoms with E-state index < -0.39 is 4.87 Å². The summed E-state index contributed by atoms with van der Waals surface area (Å²) in [5, 5.41) is 0. The van der Waals surface area contributed by atoms with Crippen molar-refractivity contribution in [3.8, 4) is 5.75 Å². The molecule has 0 aliphatic carbocycles. The molecule has 2 amide bonds. The number of para-hydroxylation sites is 1. The molecule has 2 aromatic rings. The SMILES string of the molecule is COCC(=O)N1CCSC12C(=O)N(Cc1cccc(OC)c1)c1ccccc12. The lowest BCUT2D eigenvalue weighted by molar-refractivity contribution is -0.143. The first-order valence-corrected chi connectivity index (χ1v) is 10.1. The summed E-state index contributed by atoms with van der Waals surface area (Å²) in [6, 6.07) is 15.4. The molecule has 28 heavy (non-hydrogen) atoms. The van der Waals surface area contributed by atoms with E-state index in [4.69, 9.17) is 9.47 Å². The van der Waals surface area contributed by atoms with Gasteiger partial charge in [0.25, 0.3) is 5.91 Å². The fourth-order valence-corrected chi connectivity index (χ4v) is 5.42. The van der Waals surface area contributed by atoms with E-state index in [1.807, 2.05) is 48.5 Å². The minimum Gasteiger partial charge on any atom is -0.497 e. The van der Waals surface area contributed by atoms with Crippen molar-refractivity contribution in [2.24, 2.45) is 0 Å². The molecule has 1 spiro atoms. The van der Waals surface area contributed by atoms with Gasteiger partial charge in [-0.3, -0.25) is 9.59 Å². The van der Waals surface area contributed by atoms with Crippen molar-refractivity contribution >= 4 is 29.3 Å². The Hall–Kier alpha value is -2.51. The molecule has 6 nitrogen and oxygen atoms in total. The first kappa shape index (κ1) is 18.8. The molecule has 0 N–H and O–H groups in total. The van der Waals surface area contributed by atoms with Gasteiger partial charge < -0.3 is 19.3 Å².